The molecule has 0 saturated carbocycles. The third-order valence-corrected chi connectivity index (χ3v) is 7.23. The lowest BCUT2D eigenvalue weighted by atomic mass is 9.94. The molecule has 1 heterocycles. The quantitative estimate of drug-likeness (QED) is 0.361. The van der Waals surface area contributed by atoms with Crippen molar-refractivity contribution in [3.63, 3.8) is 0 Å². The number of nitriles is 1. The van der Waals surface area contributed by atoms with Gasteiger partial charge >= 0.3 is 5.97 Å². The topological polar surface area (TPSA) is 103 Å². The number of nitrogens with one attached hydrogen (secondary N) is 1. The van der Waals surface area contributed by atoms with Gasteiger partial charge < -0.3 is 19.9 Å². The second-order valence-electron chi connectivity index (χ2n) is 9.42. The van der Waals surface area contributed by atoms with Gasteiger partial charge in [0.1, 0.15) is 12.5 Å². The molecule has 1 aliphatic heterocycles. The molecule has 1 saturated heterocycles. The number of ether oxygens (including phenoxy) is 1. The molecular formula is C26H36N4O4S. The van der Waals surface area contributed by atoms with E-state index < -0.39 is 17.3 Å². The molecule has 190 valence electrons. The summed E-state index contributed by atoms with van der Waals surface area (Å²) in [5.41, 5.74) is 1.18. The van der Waals surface area contributed by atoms with Crippen molar-refractivity contribution < 1.29 is 19.1 Å². The number of anilines is 2. The van der Waals surface area contributed by atoms with Crippen molar-refractivity contribution in [2.45, 2.75) is 51.2 Å². The Hall–Kier alpha value is -2.99. The van der Waals surface area contributed by atoms with E-state index in [1.165, 1.54) is 17.8 Å². The van der Waals surface area contributed by atoms with Crippen LogP contribution in [-0.4, -0.2) is 60.1 Å². The highest BCUT2D eigenvalue weighted by molar-refractivity contribution is 8.01. The Morgan fingerprint density at radius 1 is 1.40 bits per heavy atom. The minimum Gasteiger partial charge on any atom is -0.460 e. The average Bonchev–Trinajstić information content (AvgIpc) is 3.13. The molecule has 1 N–H and O–H groups in total. The number of esters is 1. The molecule has 0 aliphatic carbocycles. The highest BCUT2D eigenvalue weighted by atomic mass is 32.2. The zero-order valence-corrected chi connectivity index (χ0v) is 22.1. The summed E-state index contributed by atoms with van der Waals surface area (Å²) in [4.78, 5) is 41.0. The molecule has 2 amide bonds. The molecule has 1 aromatic carbocycles. The number of carbonyl (C=O) groups is 3. The maximum atomic E-state index is 12.9. The summed E-state index contributed by atoms with van der Waals surface area (Å²) in [6.07, 6.45) is 2.28. The standard InChI is InChI=1S/C26H36N4O4S/c1-7-14-34-24(32)18(17-27)15-22-30(8-2)23(31)21(35-22)12-13-28-19-10-9-11-20(16-19)29(6)25(33)26(3,4)5/h7,9-11,16,18,21-22,28H,1,8,12-15H2,2-6H3. The van der Waals surface area contributed by atoms with Gasteiger partial charge in [-0.2, -0.15) is 5.26 Å². The van der Waals surface area contributed by atoms with Gasteiger partial charge in [-0.15, -0.1) is 11.8 Å². The lowest BCUT2D eigenvalue weighted by molar-refractivity contribution is -0.146. The lowest BCUT2D eigenvalue weighted by Crippen LogP contribution is -2.36. The maximum absolute atomic E-state index is 12.9. The molecule has 35 heavy (non-hydrogen) atoms. The Morgan fingerprint density at radius 3 is 2.71 bits per heavy atom. The van der Waals surface area contributed by atoms with E-state index in [4.69, 9.17) is 4.74 Å². The van der Waals surface area contributed by atoms with Gasteiger partial charge in [-0.25, -0.2) is 0 Å². The summed E-state index contributed by atoms with van der Waals surface area (Å²) in [6, 6.07) is 9.63. The van der Waals surface area contributed by atoms with Gasteiger partial charge in [-0.1, -0.05) is 39.5 Å². The predicted molar refractivity (Wildman–Crippen MR) is 140 cm³/mol. The lowest BCUT2D eigenvalue weighted by Gasteiger charge is -2.26. The third-order valence-electron chi connectivity index (χ3n) is 5.70. The molecule has 2 rings (SSSR count). The van der Waals surface area contributed by atoms with Crippen molar-refractivity contribution >= 4 is 40.9 Å². The van der Waals surface area contributed by atoms with Crippen LogP contribution in [0.25, 0.3) is 0 Å². The zero-order chi connectivity index (χ0) is 26.2. The molecule has 0 radical (unpaired) electrons. The second kappa shape index (κ2) is 12.6. The number of nitrogens with zero attached hydrogens (tertiary/aromatic N) is 3. The molecule has 1 aromatic rings. The first-order valence-corrected chi connectivity index (χ1v) is 12.7. The number of benzene rings is 1. The highest BCUT2D eigenvalue weighted by Crippen LogP contribution is 2.37. The van der Waals surface area contributed by atoms with E-state index in [-0.39, 0.29) is 35.5 Å². The second-order valence-corrected chi connectivity index (χ2v) is 10.8. The molecule has 1 aliphatic rings. The number of hydrogen-bond acceptors (Lipinski definition) is 7. The largest absolute Gasteiger partial charge is 0.460 e. The fourth-order valence-electron chi connectivity index (χ4n) is 3.82. The maximum Gasteiger partial charge on any atom is 0.323 e. The van der Waals surface area contributed by atoms with Crippen molar-refractivity contribution in [1.82, 2.24) is 4.90 Å². The molecule has 1 fully saturated rings. The van der Waals surface area contributed by atoms with Gasteiger partial charge in [-0.3, -0.25) is 14.4 Å². The van der Waals surface area contributed by atoms with Crippen LogP contribution in [0.15, 0.2) is 36.9 Å². The van der Waals surface area contributed by atoms with Gasteiger partial charge in [0.25, 0.3) is 0 Å². The molecule has 0 aromatic heterocycles. The minimum atomic E-state index is -0.929. The Kier molecular flexibility index (Phi) is 10.2. The van der Waals surface area contributed by atoms with Crippen LogP contribution in [0.3, 0.4) is 0 Å². The van der Waals surface area contributed by atoms with Gasteiger partial charge in [0, 0.05) is 43.3 Å². The fourth-order valence-corrected chi connectivity index (χ4v) is 5.41. The smallest absolute Gasteiger partial charge is 0.323 e. The number of thioether (sulfide) groups is 1. The van der Waals surface area contributed by atoms with Gasteiger partial charge in [0.05, 0.1) is 16.7 Å². The molecule has 3 unspecified atom stereocenters. The number of amides is 2. The monoisotopic (exact) mass is 500 g/mol. The van der Waals surface area contributed by atoms with Crippen molar-refractivity contribution in [3.8, 4) is 6.07 Å². The molecular weight excluding hydrogens is 464 g/mol. The summed E-state index contributed by atoms with van der Waals surface area (Å²) in [5, 5.41) is 12.3. The number of hydrogen-bond donors (Lipinski definition) is 1. The van der Waals surface area contributed by atoms with Crippen LogP contribution < -0.4 is 10.2 Å². The Balaban J connectivity index is 1.97. The Bertz CT molecular complexity index is 969. The van der Waals surface area contributed by atoms with E-state index in [2.05, 4.69) is 11.9 Å². The summed E-state index contributed by atoms with van der Waals surface area (Å²) in [6.45, 7) is 12.2. The van der Waals surface area contributed by atoms with Crippen molar-refractivity contribution in [1.29, 1.82) is 5.26 Å². The van der Waals surface area contributed by atoms with Gasteiger partial charge in [0.15, 0.2) is 0 Å². The summed E-state index contributed by atoms with van der Waals surface area (Å²) in [5.74, 6) is -1.47. The average molecular weight is 501 g/mol. The van der Waals surface area contributed by atoms with E-state index in [1.54, 1.807) is 16.8 Å². The highest BCUT2D eigenvalue weighted by Gasteiger charge is 2.41. The first-order chi connectivity index (χ1) is 16.5. The van der Waals surface area contributed by atoms with Gasteiger partial charge in [0.2, 0.25) is 11.8 Å². The van der Waals surface area contributed by atoms with Gasteiger partial charge in [-0.05, 0) is 31.5 Å². The minimum absolute atomic E-state index is 0.0182. The van der Waals surface area contributed by atoms with Crippen molar-refractivity contribution in [2.75, 3.05) is 37.0 Å². The number of carbonyl (C=O) groups excluding carboxylic acids is 3. The summed E-state index contributed by atoms with van der Waals surface area (Å²) >= 11 is 1.49. The van der Waals surface area contributed by atoms with E-state index in [0.29, 0.717) is 19.5 Å². The molecule has 8 nitrogen and oxygen atoms in total. The van der Waals surface area contributed by atoms with E-state index >= 15 is 0 Å². The van der Waals surface area contributed by atoms with Crippen LogP contribution in [-0.2, 0) is 19.1 Å². The van der Waals surface area contributed by atoms with Crippen LogP contribution in [0.1, 0.15) is 40.5 Å². The molecule has 3 atom stereocenters. The predicted octanol–water partition coefficient (Wildman–Crippen LogP) is 4.05. The zero-order valence-electron chi connectivity index (χ0n) is 21.2. The van der Waals surface area contributed by atoms with Crippen LogP contribution in [0, 0.1) is 22.7 Å². The normalized spacial score (nSPS) is 18.5. The molecule has 9 heteroatoms. The van der Waals surface area contributed by atoms with E-state index in [9.17, 15) is 19.6 Å². The third kappa shape index (κ3) is 7.49. The van der Waals surface area contributed by atoms with E-state index in [1.807, 2.05) is 58.0 Å². The first kappa shape index (κ1) is 28.2. The summed E-state index contributed by atoms with van der Waals surface area (Å²) in [7, 11) is 1.77. The van der Waals surface area contributed by atoms with Crippen molar-refractivity contribution in [3.05, 3.63) is 36.9 Å². The van der Waals surface area contributed by atoms with E-state index in [0.717, 1.165) is 11.4 Å². The molecule has 0 spiro atoms. The van der Waals surface area contributed by atoms with Crippen LogP contribution in [0.5, 0.6) is 0 Å². The van der Waals surface area contributed by atoms with Crippen LogP contribution in [0.4, 0.5) is 11.4 Å². The van der Waals surface area contributed by atoms with Crippen LogP contribution >= 0.6 is 11.8 Å². The first-order valence-electron chi connectivity index (χ1n) is 11.8. The number of rotatable bonds is 11. The summed E-state index contributed by atoms with van der Waals surface area (Å²) < 4.78 is 5.02. The molecule has 0 bridgehead atoms. The van der Waals surface area contributed by atoms with Crippen LogP contribution in [0.2, 0.25) is 0 Å². The SMILES string of the molecule is C=CCOC(=O)C(C#N)CC1SC(CCNc2cccc(N(C)C(=O)C(C)(C)C)c2)C(=O)N1CC. The van der Waals surface area contributed by atoms with Crippen molar-refractivity contribution in [2.24, 2.45) is 11.3 Å². The Morgan fingerprint density at radius 2 is 2.11 bits per heavy atom. The Labute approximate surface area is 212 Å². The fraction of sp³-hybridized carbons (Fsp3) is 0.538.